The number of imidazole rings is 1. The first-order valence-corrected chi connectivity index (χ1v) is 11.0. The zero-order valence-corrected chi connectivity index (χ0v) is 18.0. The minimum Gasteiger partial charge on any atom is -0.342 e. The predicted octanol–water partition coefficient (Wildman–Crippen LogP) is 4.43. The average Bonchev–Trinajstić information content (AvgIpc) is 3.55. The molecule has 5 rings (SSSR count). The van der Waals surface area contributed by atoms with Gasteiger partial charge in [-0.05, 0) is 54.8 Å². The van der Waals surface area contributed by atoms with E-state index >= 15 is 0 Å². The SMILES string of the molecule is CCn1c(CNC(=O)c2nc(-c3cccs3)n(-c3ccc(F)cc3)n2)nc2ccccc21. The van der Waals surface area contributed by atoms with Crippen molar-refractivity contribution in [1.82, 2.24) is 29.6 Å². The number of nitrogens with zero attached hydrogens (tertiary/aromatic N) is 5. The summed E-state index contributed by atoms with van der Waals surface area (Å²) in [5, 5.41) is 9.22. The number of fused-ring (bicyclic) bond motifs is 1. The van der Waals surface area contributed by atoms with Gasteiger partial charge in [0.2, 0.25) is 5.82 Å². The summed E-state index contributed by atoms with van der Waals surface area (Å²) in [6.45, 7) is 3.03. The first kappa shape index (κ1) is 20.1. The van der Waals surface area contributed by atoms with E-state index in [1.165, 1.54) is 23.5 Å². The molecule has 0 aliphatic carbocycles. The van der Waals surface area contributed by atoms with Gasteiger partial charge in [0.25, 0.3) is 5.91 Å². The molecule has 7 nitrogen and oxygen atoms in total. The molecule has 3 heterocycles. The molecule has 5 aromatic rings. The Morgan fingerprint density at radius 1 is 1.06 bits per heavy atom. The molecule has 0 spiro atoms. The van der Waals surface area contributed by atoms with Crippen LogP contribution in [-0.4, -0.2) is 30.2 Å². The molecule has 0 radical (unpaired) electrons. The smallest absolute Gasteiger partial charge is 0.291 e. The van der Waals surface area contributed by atoms with Gasteiger partial charge in [-0.3, -0.25) is 4.79 Å². The molecule has 0 unspecified atom stereocenters. The fourth-order valence-corrected chi connectivity index (χ4v) is 4.29. The lowest BCUT2D eigenvalue weighted by atomic mass is 10.3. The molecule has 1 amide bonds. The molecule has 0 atom stereocenters. The van der Waals surface area contributed by atoms with Crippen LogP contribution in [0.3, 0.4) is 0 Å². The third-order valence-electron chi connectivity index (χ3n) is 5.08. The van der Waals surface area contributed by atoms with Crippen LogP contribution in [0.4, 0.5) is 4.39 Å². The van der Waals surface area contributed by atoms with Crippen molar-refractivity contribution < 1.29 is 9.18 Å². The summed E-state index contributed by atoms with van der Waals surface area (Å²) in [6, 6.07) is 17.6. The molecular weight excluding hydrogens is 427 g/mol. The van der Waals surface area contributed by atoms with Crippen LogP contribution >= 0.6 is 11.3 Å². The minimum absolute atomic E-state index is 0.0388. The molecule has 0 aliphatic rings. The number of para-hydroxylation sites is 2. The number of amides is 1. The molecule has 0 aliphatic heterocycles. The van der Waals surface area contributed by atoms with Crippen molar-refractivity contribution in [3.8, 4) is 16.4 Å². The van der Waals surface area contributed by atoms with E-state index in [0.29, 0.717) is 11.5 Å². The third-order valence-corrected chi connectivity index (χ3v) is 5.95. The highest BCUT2D eigenvalue weighted by Crippen LogP contribution is 2.25. The lowest BCUT2D eigenvalue weighted by molar-refractivity contribution is 0.0939. The highest BCUT2D eigenvalue weighted by atomic mass is 32.1. The second kappa shape index (κ2) is 8.35. The van der Waals surface area contributed by atoms with E-state index < -0.39 is 5.91 Å². The molecule has 0 fully saturated rings. The monoisotopic (exact) mass is 446 g/mol. The van der Waals surface area contributed by atoms with Gasteiger partial charge in [-0.25, -0.2) is 19.0 Å². The Hall–Kier alpha value is -3.85. The number of rotatable bonds is 6. The molecule has 0 saturated heterocycles. The van der Waals surface area contributed by atoms with Crippen LogP contribution in [0.2, 0.25) is 0 Å². The Kier molecular flexibility index (Phi) is 5.24. The van der Waals surface area contributed by atoms with Crippen molar-refractivity contribution >= 4 is 28.3 Å². The van der Waals surface area contributed by atoms with Crippen molar-refractivity contribution in [3.63, 3.8) is 0 Å². The molecule has 2 aromatic carbocycles. The molecule has 32 heavy (non-hydrogen) atoms. The molecule has 9 heteroatoms. The van der Waals surface area contributed by atoms with Gasteiger partial charge in [-0.2, -0.15) is 0 Å². The van der Waals surface area contributed by atoms with Crippen molar-refractivity contribution in [2.75, 3.05) is 0 Å². The van der Waals surface area contributed by atoms with Gasteiger partial charge in [-0.1, -0.05) is 18.2 Å². The van der Waals surface area contributed by atoms with Gasteiger partial charge >= 0.3 is 0 Å². The van der Waals surface area contributed by atoms with Gasteiger partial charge in [0.05, 0.1) is 28.1 Å². The minimum atomic E-state index is -0.404. The highest BCUT2D eigenvalue weighted by Gasteiger charge is 2.20. The van der Waals surface area contributed by atoms with E-state index in [1.807, 2.05) is 48.7 Å². The maximum Gasteiger partial charge on any atom is 0.291 e. The number of benzene rings is 2. The molecule has 160 valence electrons. The molecule has 3 aromatic heterocycles. The summed E-state index contributed by atoms with van der Waals surface area (Å²) in [7, 11) is 0. The summed E-state index contributed by atoms with van der Waals surface area (Å²) >= 11 is 1.49. The summed E-state index contributed by atoms with van der Waals surface area (Å²) in [5.41, 5.74) is 2.53. The number of aryl methyl sites for hydroxylation is 1. The number of carbonyl (C=O) groups excluding carboxylic acids is 1. The fraction of sp³-hybridized carbons (Fsp3) is 0.130. The van der Waals surface area contributed by atoms with Crippen molar-refractivity contribution in [1.29, 1.82) is 0 Å². The summed E-state index contributed by atoms with van der Waals surface area (Å²) < 4.78 is 17.0. The van der Waals surface area contributed by atoms with Crippen LogP contribution < -0.4 is 5.32 Å². The van der Waals surface area contributed by atoms with Crippen molar-refractivity contribution in [2.24, 2.45) is 0 Å². The van der Waals surface area contributed by atoms with E-state index in [2.05, 4.69) is 25.0 Å². The third kappa shape index (κ3) is 3.67. The first-order chi connectivity index (χ1) is 15.6. The number of halogens is 1. The quantitative estimate of drug-likeness (QED) is 0.418. The molecule has 0 bridgehead atoms. The maximum absolute atomic E-state index is 13.4. The van der Waals surface area contributed by atoms with Crippen LogP contribution in [-0.2, 0) is 13.1 Å². The normalized spacial score (nSPS) is 11.2. The Balaban J connectivity index is 1.44. The van der Waals surface area contributed by atoms with Gasteiger partial charge in [0.1, 0.15) is 11.6 Å². The highest BCUT2D eigenvalue weighted by molar-refractivity contribution is 7.13. The standard InChI is InChI=1S/C23H19FN6OS/c1-2-29-18-7-4-3-6-17(18)26-20(29)14-25-23(31)21-27-22(19-8-5-13-32-19)30(28-21)16-11-9-15(24)10-12-16/h3-13H,2,14H2,1H3,(H,25,31). The van der Waals surface area contributed by atoms with Crippen LogP contribution in [0.5, 0.6) is 0 Å². The van der Waals surface area contributed by atoms with E-state index in [-0.39, 0.29) is 18.2 Å². The van der Waals surface area contributed by atoms with Crippen LogP contribution in [0, 0.1) is 5.82 Å². The number of carbonyl (C=O) groups is 1. The summed E-state index contributed by atoms with van der Waals surface area (Å²) in [5.74, 6) is 0.578. The second-order valence-corrected chi connectivity index (χ2v) is 8.02. The van der Waals surface area contributed by atoms with Gasteiger partial charge in [0.15, 0.2) is 5.82 Å². The number of nitrogens with one attached hydrogen (secondary N) is 1. The number of hydrogen-bond donors (Lipinski definition) is 1. The van der Waals surface area contributed by atoms with Crippen molar-refractivity contribution in [3.05, 3.63) is 83.5 Å². The van der Waals surface area contributed by atoms with Gasteiger partial charge in [-0.15, -0.1) is 16.4 Å². The van der Waals surface area contributed by atoms with Gasteiger partial charge < -0.3 is 9.88 Å². The number of hydrogen-bond acceptors (Lipinski definition) is 5. The first-order valence-electron chi connectivity index (χ1n) is 10.1. The Morgan fingerprint density at radius 2 is 1.88 bits per heavy atom. The lowest BCUT2D eigenvalue weighted by Crippen LogP contribution is -2.26. The van der Waals surface area contributed by atoms with Crippen molar-refractivity contribution in [2.45, 2.75) is 20.0 Å². The van der Waals surface area contributed by atoms with E-state index in [4.69, 9.17) is 0 Å². The molecule has 1 N–H and O–H groups in total. The Labute approximate surface area is 187 Å². The van der Waals surface area contributed by atoms with Gasteiger partial charge in [0, 0.05) is 6.54 Å². The molecule has 0 saturated carbocycles. The average molecular weight is 447 g/mol. The van der Waals surface area contributed by atoms with Crippen LogP contribution in [0.1, 0.15) is 23.4 Å². The van der Waals surface area contributed by atoms with Crippen LogP contribution in [0.25, 0.3) is 27.4 Å². The van der Waals surface area contributed by atoms with E-state index in [0.717, 1.165) is 28.3 Å². The summed E-state index contributed by atoms with van der Waals surface area (Å²) in [4.78, 5) is 22.9. The molecular formula is C23H19FN6OS. The van der Waals surface area contributed by atoms with E-state index in [1.54, 1.807) is 16.8 Å². The topological polar surface area (TPSA) is 77.6 Å². The maximum atomic E-state index is 13.4. The van der Waals surface area contributed by atoms with Crippen LogP contribution in [0.15, 0.2) is 66.0 Å². The largest absolute Gasteiger partial charge is 0.342 e. The summed E-state index contributed by atoms with van der Waals surface area (Å²) in [6.07, 6.45) is 0. The second-order valence-electron chi connectivity index (χ2n) is 7.07. The predicted molar refractivity (Wildman–Crippen MR) is 121 cm³/mol. The zero-order chi connectivity index (χ0) is 22.1. The Bertz CT molecular complexity index is 1390. The Morgan fingerprint density at radius 3 is 2.62 bits per heavy atom. The number of aromatic nitrogens is 5. The number of thiophene rings is 1. The van der Waals surface area contributed by atoms with E-state index in [9.17, 15) is 9.18 Å². The fourth-order valence-electron chi connectivity index (χ4n) is 3.59. The lowest BCUT2D eigenvalue weighted by Gasteiger charge is -2.06. The zero-order valence-electron chi connectivity index (χ0n) is 17.2.